The number of aliphatic hydroxyl groups is 1. The van der Waals surface area contributed by atoms with Gasteiger partial charge in [-0.05, 0) is 6.42 Å². The number of fused-ring (bicyclic) bond motifs is 1. The molecule has 0 saturated heterocycles. The third-order valence-electron chi connectivity index (χ3n) is 2.55. The van der Waals surface area contributed by atoms with Crippen LogP contribution < -0.4 is 5.32 Å². The summed E-state index contributed by atoms with van der Waals surface area (Å²) in [5, 5.41) is 19.5. The van der Waals surface area contributed by atoms with Gasteiger partial charge in [0, 0.05) is 18.1 Å². The molecule has 84 valence electrons. The van der Waals surface area contributed by atoms with Crippen LogP contribution in [0.4, 0.5) is 5.95 Å². The van der Waals surface area contributed by atoms with E-state index in [0.717, 1.165) is 23.9 Å². The van der Waals surface area contributed by atoms with E-state index < -0.39 is 0 Å². The van der Waals surface area contributed by atoms with Gasteiger partial charge in [-0.15, -0.1) is 11.3 Å². The lowest BCUT2D eigenvalue weighted by molar-refractivity contribution is 0.270. The molecule has 1 aliphatic rings. The Balaban J connectivity index is 2.02. The second-order valence-corrected chi connectivity index (χ2v) is 4.48. The van der Waals surface area contributed by atoms with E-state index in [2.05, 4.69) is 20.4 Å². The van der Waals surface area contributed by atoms with Crippen LogP contribution in [0, 0.1) is 0 Å². The van der Waals surface area contributed by atoms with Crippen molar-refractivity contribution in [2.45, 2.75) is 19.1 Å². The van der Waals surface area contributed by atoms with Gasteiger partial charge >= 0.3 is 0 Å². The van der Waals surface area contributed by atoms with Gasteiger partial charge in [-0.1, -0.05) is 0 Å². The van der Waals surface area contributed by atoms with Crippen LogP contribution >= 0.6 is 11.3 Å². The monoisotopic (exact) mass is 237 g/mol. The van der Waals surface area contributed by atoms with Crippen molar-refractivity contribution in [3.8, 4) is 0 Å². The highest BCUT2D eigenvalue weighted by Gasteiger charge is 2.25. The largest absolute Gasteiger partial charge is 0.388 e. The molecule has 16 heavy (non-hydrogen) atoms. The number of thiazole rings is 1. The summed E-state index contributed by atoms with van der Waals surface area (Å²) in [6.45, 7) is 0.722. The Morgan fingerprint density at radius 1 is 1.62 bits per heavy atom. The molecule has 0 spiro atoms. The van der Waals surface area contributed by atoms with Gasteiger partial charge in [-0.25, -0.2) is 9.67 Å². The van der Waals surface area contributed by atoms with Crippen molar-refractivity contribution in [1.82, 2.24) is 19.7 Å². The summed E-state index contributed by atoms with van der Waals surface area (Å²) >= 11 is 1.62. The molecule has 1 aliphatic heterocycles. The Labute approximate surface area is 96.0 Å². The summed E-state index contributed by atoms with van der Waals surface area (Å²) < 4.78 is 1.81. The molecule has 2 N–H and O–H groups in total. The Morgan fingerprint density at radius 3 is 3.31 bits per heavy atom. The van der Waals surface area contributed by atoms with E-state index in [4.69, 9.17) is 5.11 Å². The normalized spacial score (nSPS) is 19.2. The topological polar surface area (TPSA) is 75.9 Å². The molecule has 0 aliphatic carbocycles. The van der Waals surface area contributed by atoms with Crippen LogP contribution in [0.2, 0.25) is 0 Å². The molecule has 0 fully saturated rings. The van der Waals surface area contributed by atoms with Crippen molar-refractivity contribution >= 4 is 17.3 Å². The zero-order valence-corrected chi connectivity index (χ0v) is 9.31. The van der Waals surface area contributed by atoms with Crippen LogP contribution in [0.25, 0.3) is 0 Å². The minimum atomic E-state index is -0.133. The minimum Gasteiger partial charge on any atom is -0.388 e. The maximum atomic E-state index is 9.02. The molecule has 1 unspecified atom stereocenters. The average Bonchev–Trinajstić information content (AvgIpc) is 2.97. The fourth-order valence-corrected chi connectivity index (χ4v) is 2.60. The van der Waals surface area contributed by atoms with Crippen LogP contribution in [-0.4, -0.2) is 31.4 Å². The van der Waals surface area contributed by atoms with Gasteiger partial charge in [0.25, 0.3) is 0 Å². The number of nitrogens with one attached hydrogen (secondary N) is 1. The van der Waals surface area contributed by atoms with Gasteiger partial charge in [0.05, 0.1) is 0 Å². The number of nitrogens with zero attached hydrogens (tertiary/aromatic N) is 4. The predicted octanol–water partition coefficient (Wildman–Crippen LogP) is 0.632. The Morgan fingerprint density at radius 2 is 2.56 bits per heavy atom. The van der Waals surface area contributed by atoms with Crippen LogP contribution in [0.1, 0.15) is 23.3 Å². The van der Waals surface area contributed by atoms with Crippen LogP contribution in [0.3, 0.4) is 0 Å². The Bertz CT molecular complexity index is 480. The molecule has 0 bridgehead atoms. The van der Waals surface area contributed by atoms with Gasteiger partial charge in [0.1, 0.15) is 17.7 Å². The van der Waals surface area contributed by atoms with E-state index in [1.165, 1.54) is 0 Å². The molecule has 0 aromatic carbocycles. The average molecular weight is 237 g/mol. The molecule has 3 rings (SSSR count). The molecule has 7 heteroatoms. The molecular weight excluding hydrogens is 226 g/mol. The Hall–Kier alpha value is -1.47. The number of anilines is 1. The maximum Gasteiger partial charge on any atom is 0.222 e. The van der Waals surface area contributed by atoms with Crippen molar-refractivity contribution in [1.29, 1.82) is 0 Å². The number of hydrogen-bond acceptors (Lipinski definition) is 6. The first-order valence-electron chi connectivity index (χ1n) is 5.08. The summed E-state index contributed by atoms with van der Waals surface area (Å²) in [5.41, 5.74) is 0. The molecular formula is C9H11N5OS. The molecule has 0 amide bonds. The van der Waals surface area contributed by atoms with E-state index >= 15 is 0 Å². The van der Waals surface area contributed by atoms with E-state index in [0.29, 0.717) is 5.82 Å². The third kappa shape index (κ3) is 1.48. The maximum absolute atomic E-state index is 9.02. The molecule has 2 aromatic rings. The summed E-state index contributed by atoms with van der Waals surface area (Å²) in [6, 6.07) is 0.143. The number of aliphatic hydroxyl groups excluding tert-OH is 1. The lowest BCUT2D eigenvalue weighted by Gasteiger charge is -2.22. The first-order valence-corrected chi connectivity index (χ1v) is 5.96. The minimum absolute atomic E-state index is 0.133. The fraction of sp³-hybridized carbons (Fsp3) is 0.444. The zero-order chi connectivity index (χ0) is 11.0. The number of aromatic nitrogens is 4. The summed E-state index contributed by atoms with van der Waals surface area (Å²) in [4.78, 5) is 8.51. The van der Waals surface area contributed by atoms with Crippen molar-refractivity contribution in [3.05, 3.63) is 22.4 Å². The third-order valence-corrected chi connectivity index (χ3v) is 3.43. The van der Waals surface area contributed by atoms with Gasteiger partial charge in [-0.2, -0.15) is 10.1 Å². The van der Waals surface area contributed by atoms with E-state index in [1.807, 2.05) is 10.1 Å². The van der Waals surface area contributed by atoms with Gasteiger partial charge in [0.2, 0.25) is 5.95 Å². The van der Waals surface area contributed by atoms with Crippen molar-refractivity contribution in [3.63, 3.8) is 0 Å². The first-order chi connectivity index (χ1) is 7.88. The highest BCUT2D eigenvalue weighted by Crippen LogP contribution is 2.29. The molecule has 0 radical (unpaired) electrons. The molecule has 0 saturated carbocycles. The Kier molecular flexibility index (Phi) is 2.33. The van der Waals surface area contributed by atoms with Crippen LogP contribution in [0.5, 0.6) is 0 Å². The lowest BCUT2D eigenvalue weighted by atomic mass is 10.2. The van der Waals surface area contributed by atoms with Crippen molar-refractivity contribution in [2.24, 2.45) is 0 Å². The van der Waals surface area contributed by atoms with E-state index in [-0.39, 0.29) is 12.6 Å². The summed E-state index contributed by atoms with van der Waals surface area (Å²) in [7, 11) is 0. The highest BCUT2D eigenvalue weighted by molar-refractivity contribution is 7.09. The quantitative estimate of drug-likeness (QED) is 0.801. The standard InChI is InChI=1S/C9H11N5OS/c15-5-7-12-9-11-2-1-6(14(9)13-7)8-10-3-4-16-8/h3-4,6,15H,1-2,5H2,(H,11,12,13). The van der Waals surface area contributed by atoms with Gasteiger partial charge in [-0.3, -0.25) is 0 Å². The number of hydrogen-bond donors (Lipinski definition) is 2. The molecule has 1 atom stereocenters. The van der Waals surface area contributed by atoms with Gasteiger partial charge < -0.3 is 10.4 Å². The highest BCUT2D eigenvalue weighted by atomic mass is 32.1. The lowest BCUT2D eigenvalue weighted by Crippen LogP contribution is -2.24. The summed E-state index contributed by atoms with van der Waals surface area (Å²) in [5.74, 6) is 1.17. The molecule has 6 nitrogen and oxygen atoms in total. The van der Waals surface area contributed by atoms with Gasteiger partial charge in [0.15, 0.2) is 5.82 Å². The van der Waals surface area contributed by atoms with E-state index in [1.54, 1.807) is 17.5 Å². The van der Waals surface area contributed by atoms with Crippen molar-refractivity contribution < 1.29 is 5.11 Å². The smallest absolute Gasteiger partial charge is 0.222 e. The summed E-state index contributed by atoms with van der Waals surface area (Å²) in [6.07, 6.45) is 2.74. The zero-order valence-electron chi connectivity index (χ0n) is 8.50. The predicted molar refractivity (Wildman–Crippen MR) is 59.3 cm³/mol. The number of rotatable bonds is 2. The first kappa shape index (κ1) is 9.73. The SMILES string of the molecule is OCc1nc2n(n1)C(c1nccs1)CCN2. The second kappa shape index (κ2) is 3.84. The second-order valence-electron chi connectivity index (χ2n) is 3.56. The van der Waals surface area contributed by atoms with Crippen LogP contribution in [0.15, 0.2) is 11.6 Å². The van der Waals surface area contributed by atoms with E-state index in [9.17, 15) is 0 Å². The van der Waals surface area contributed by atoms with Crippen LogP contribution in [-0.2, 0) is 6.61 Å². The van der Waals surface area contributed by atoms with Crippen molar-refractivity contribution in [2.75, 3.05) is 11.9 Å². The molecule has 2 aromatic heterocycles. The molecule has 3 heterocycles. The fourth-order valence-electron chi connectivity index (χ4n) is 1.84.